The number of aliphatic carboxylic acids is 1. The van der Waals surface area contributed by atoms with Gasteiger partial charge in [0.2, 0.25) is 5.75 Å². The van der Waals surface area contributed by atoms with Gasteiger partial charge in [-0.25, -0.2) is 0 Å². The van der Waals surface area contributed by atoms with Gasteiger partial charge < -0.3 is 19.3 Å². The fraction of sp³-hybridized carbons (Fsp3) is 0.417. The molecular formula is C24H28O6. The molecule has 30 heavy (non-hydrogen) atoms. The molecule has 0 unspecified atom stereocenters. The second-order valence-corrected chi connectivity index (χ2v) is 7.84. The first kappa shape index (κ1) is 21.7. The van der Waals surface area contributed by atoms with Gasteiger partial charge in [-0.1, -0.05) is 31.5 Å². The second kappa shape index (κ2) is 8.78. The molecule has 0 aliphatic heterocycles. The summed E-state index contributed by atoms with van der Waals surface area (Å²) in [4.78, 5) is 24.1. The molecule has 3 rings (SSSR count). The number of carbonyl (C=O) groups is 2. The molecule has 1 aliphatic carbocycles. The molecule has 160 valence electrons. The lowest BCUT2D eigenvalue weighted by Crippen LogP contribution is -2.34. The molecule has 2 aromatic rings. The zero-order chi connectivity index (χ0) is 21.9. The van der Waals surface area contributed by atoms with Crippen LogP contribution in [0.5, 0.6) is 17.2 Å². The third-order valence-electron chi connectivity index (χ3n) is 5.72. The van der Waals surface area contributed by atoms with Crippen molar-refractivity contribution in [2.45, 2.75) is 39.5 Å². The van der Waals surface area contributed by atoms with Gasteiger partial charge in [0.25, 0.3) is 0 Å². The lowest BCUT2D eigenvalue weighted by atomic mass is 9.86. The highest BCUT2D eigenvalue weighted by atomic mass is 16.5. The van der Waals surface area contributed by atoms with E-state index in [1.807, 2.05) is 31.2 Å². The van der Waals surface area contributed by atoms with Gasteiger partial charge in [-0.2, -0.15) is 0 Å². The van der Waals surface area contributed by atoms with Crippen molar-refractivity contribution in [2.24, 2.45) is 5.41 Å². The quantitative estimate of drug-likeness (QED) is 0.639. The van der Waals surface area contributed by atoms with Crippen LogP contribution in [0.1, 0.15) is 49.0 Å². The van der Waals surface area contributed by atoms with E-state index in [2.05, 4.69) is 0 Å². The SMILES string of the molecule is CCC[C@](C)(COc1c(-c2cccc3c2CCC3=O)ccc(OC)c1OC)C(=O)O. The third-order valence-corrected chi connectivity index (χ3v) is 5.72. The summed E-state index contributed by atoms with van der Waals surface area (Å²) in [5.41, 5.74) is 2.32. The molecule has 1 N–H and O–H groups in total. The Balaban J connectivity index is 2.12. The number of hydrogen-bond acceptors (Lipinski definition) is 5. The highest BCUT2D eigenvalue weighted by molar-refractivity contribution is 6.02. The van der Waals surface area contributed by atoms with Crippen LogP contribution in [0.15, 0.2) is 30.3 Å². The average molecular weight is 412 g/mol. The van der Waals surface area contributed by atoms with E-state index in [4.69, 9.17) is 14.2 Å². The third kappa shape index (κ3) is 3.86. The summed E-state index contributed by atoms with van der Waals surface area (Å²) in [6.07, 6.45) is 2.37. The summed E-state index contributed by atoms with van der Waals surface area (Å²) >= 11 is 0. The predicted octanol–water partition coefficient (Wildman–Crippen LogP) is 4.77. The molecule has 6 nitrogen and oxygen atoms in total. The molecule has 1 aliphatic rings. The molecule has 0 aromatic heterocycles. The number of ether oxygens (including phenoxy) is 3. The van der Waals surface area contributed by atoms with Gasteiger partial charge in [-0.15, -0.1) is 0 Å². The maximum Gasteiger partial charge on any atom is 0.312 e. The Hall–Kier alpha value is -3.02. The van der Waals surface area contributed by atoms with Crippen LogP contribution in [-0.4, -0.2) is 37.7 Å². The van der Waals surface area contributed by atoms with E-state index in [9.17, 15) is 14.7 Å². The topological polar surface area (TPSA) is 82.1 Å². The summed E-state index contributed by atoms with van der Waals surface area (Å²) in [7, 11) is 3.06. The number of fused-ring (bicyclic) bond motifs is 1. The number of Topliss-reactive ketones (excluding diaryl/α,β-unsaturated/α-hetero) is 1. The smallest absolute Gasteiger partial charge is 0.312 e. The van der Waals surface area contributed by atoms with E-state index in [1.165, 1.54) is 7.11 Å². The van der Waals surface area contributed by atoms with Crippen LogP contribution in [0.3, 0.4) is 0 Å². The van der Waals surface area contributed by atoms with E-state index in [0.717, 1.165) is 28.7 Å². The number of carboxylic acids is 1. The van der Waals surface area contributed by atoms with E-state index < -0.39 is 11.4 Å². The first-order valence-electron chi connectivity index (χ1n) is 10.1. The normalized spacial score (nSPS) is 14.7. The Bertz CT molecular complexity index is 964. The van der Waals surface area contributed by atoms with Crippen molar-refractivity contribution in [3.63, 3.8) is 0 Å². The summed E-state index contributed by atoms with van der Waals surface area (Å²) in [5.74, 6) is 0.553. The average Bonchev–Trinajstić information content (AvgIpc) is 3.12. The Kier molecular flexibility index (Phi) is 6.34. The molecule has 1 atom stereocenters. The number of hydrogen-bond donors (Lipinski definition) is 1. The standard InChI is InChI=1S/C24H28O6/c1-5-13-24(2,23(26)27)14-30-21-18(10-12-20(28-3)22(21)29-4)15-7-6-8-17-16(15)9-11-19(17)25/h6-8,10,12H,5,9,11,13-14H2,1-4H3,(H,26,27)/t24-/m1/s1. The van der Waals surface area contributed by atoms with Crippen molar-refractivity contribution in [2.75, 3.05) is 20.8 Å². The van der Waals surface area contributed by atoms with Gasteiger partial charge in [0.05, 0.1) is 19.6 Å². The first-order valence-corrected chi connectivity index (χ1v) is 10.1. The summed E-state index contributed by atoms with van der Waals surface area (Å²) in [6, 6.07) is 9.31. The van der Waals surface area contributed by atoms with Gasteiger partial charge in [-0.3, -0.25) is 9.59 Å². The van der Waals surface area contributed by atoms with Crippen LogP contribution in [0, 0.1) is 5.41 Å². The van der Waals surface area contributed by atoms with Crippen molar-refractivity contribution in [1.29, 1.82) is 0 Å². The number of benzene rings is 2. The van der Waals surface area contributed by atoms with Crippen molar-refractivity contribution >= 4 is 11.8 Å². The van der Waals surface area contributed by atoms with Crippen LogP contribution in [0.4, 0.5) is 0 Å². The number of ketones is 1. The van der Waals surface area contributed by atoms with Gasteiger partial charge in [0, 0.05) is 17.5 Å². The van der Waals surface area contributed by atoms with Crippen LogP contribution in [0.25, 0.3) is 11.1 Å². The van der Waals surface area contributed by atoms with E-state index >= 15 is 0 Å². The number of carboxylic acid groups (broad SMARTS) is 1. The summed E-state index contributed by atoms with van der Waals surface area (Å²) in [5, 5.41) is 9.74. The Morgan fingerprint density at radius 3 is 2.40 bits per heavy atom. The van der Waals surface area contributed by atoms with Gasteiger partial charge in [-0.05, 0) is 43.0 Å². The molecule has 6 heteroatoms. The van der Waals surface area contributed by atoms with Crippen molar-refractivity contribution in [3.8, 4) is 28.4 Å². The molecule has 0 amide bonds. The molecule has 2 aromatic carbocycles. The van der Waals surface area contributed by atoms with Crippen LogP contribution >= 0.6 is 0 Å². The Labute approximate surface area is 176 Å². The summed E-state index contributed by atoms with van der Waals surface area (Å²) < 4.78 is 17.2. The van der Waals surface area contributed by atoms with Crippen LogP contribution in [0.2, 0.25) is 0 Å². The molecule has 0 fully saturated rings. The highest BCUT2D eigenvalue weighted by Gasteiger charge is 2.34. The van der Waals surface area contributed by atoms with E-state index in [0.29, 0.717) is 36.5 Å². The number of methoxy groups -OCH3 is 2. The largest absolute Gasteiger partial charge is 0.493 e. The monoisotopic (exact) mass is 412 g/mol. The number of carbonyl (C=O) groups excluding carboxylic acids is 1. The van der Waals surface area contributed by atoms with Gasteiger partial charge >= 0.3 is 5.97 Å². The number of rotatable bonds is 9. The second-order valence-electron chi connectivity index (χ2n) is 7.84. The Morgan fingerprint density at radius 2 is 1.77 bits per heavy atom. The molecule has 0 heterocycles. The zero-order valence-corrected chi connectivity index (χ0v) is 17.9. The van der Waals surface area contributed by atoms with Crippen molar-refractivity contribution in [3.05, 3.63) is 41.5 Å². The predicted molar refractivity (Wildman–Crippen MR) is 114 cm³/mol. The minimum atomic E-state index is -1.03. The van der Waals surface area contributed by atoms with Crippen LogP contribution in [-0.2, 0) is 11.2 Å². The zero-order valence-electron chi connectivity index (χ0n) is 17.9. The van der Waals surface area contributed by atoms with Crippen LogP contribution < -0.4 is 14.2 Å². The molecule has 0 radical (unpaired) electrons. The van der Waals surface area contributed by atoms with Crippen molar-refractivity contribution < 1.29 is 28.9 Å². The molecular weight excluding hydrogens is 384 g/mol. The molecule has 0 saturated carbocycles. The lowest BCUT2D eigenvalue weighted by Gasteiger charge is -2.26. The molecule has 0 saturated heterocycles. The molecule has 0 bridgehead atoms. The highest BCUT2D eigenvalue weighted by Crippen LogP contribution is 2.47. The van der Waals surface area contributed by atoms with Gasteiger partial charge in [0.15, 0.2) is 17.3 Å². The first-order chi connectivity index (χ1) is 14.4. The minimum Gasteiger partial charge on any atom is -0.493 e. The Morgan fingerprint density at radius 1 is 1.03 bits per heavy atom. The summed E-state index contributed by atoms with van der Waals surface area (Å²) in [6.45, 7) is 3.62. The maximum atomic E-state index is 12.2. The van der Waals surface area contributed by atoms with Gasteiger partial charge in [0.1, 0.15) is 6.61 Å². The lowest BCUT2D eigenvalue weighted by molar-refractivity contribution is -0.150. The van der Waals surface area contributed by atoms with E-state index in [1.54, 1.807) is 20.1 Å². The maximum absolute atomic E-state index is 12.2. The fourth-order valence-electron chi connectivity index (χ4n) is 4.02. The fourth-order valence-corrected chi connectivity index (χ4v) is 4.02. The van der Waals surface area contributed by atoms with E-state index in [-0.39, 0.29) is 12.4 Å². The minimum absolute atomic E-state index is 0.0132. The van der Waals surface area contributed by atoms with Crippen molar-refractivity contribution in [1.82, 2.24) is 0 Å². The molecule has 0 spiro atoms.